The van der Waals surface area contributed by atoms with Gasteiger partial charge in [-0.15, -0.1) is 0 Å². The lowest BCUT2D eigenvalue weighted by atomic mass is 10.2. The lowest BCUT2D eigenvalue weighted by Gasteiger charge is -2.09. The molecule has 4 aromatic rings. The first kappa shape index (κ1) is 16.6. The maximum Gasteiger partial charge on any atom is 0.275 e. The van der Waals surface area contributed by atoms with Crippen LogP contribution in [0.3, 0.4) is 0 Å². The fourth-order valence-electron chi connectivity index (χ4n) is 2.58. The maximum atomic E-state index is 12.9. The summed E-state index contributed by atoms with van der Waals surface area (Å²) < 4.78 is 12.9. The first-order valence-corrected chi connectivity index (χ1v) is 8.19. The van der Waals surface area contributed by atoms with Crippen molar-refractivity contribution in [1.29, 1.82) is 0 Å². The molecule has 0 aliphatic carbocycles. The summed E-state index contributed by atoms with van der Waals surface area (Å²) >= 11 is 0. The predicted molar refractivity (Wildman–Crippen MR) is 101 cm³/mol. The zero-order chi connectivity index (χ0) is 18.6. The van der Waals surface area contributed by atoms with Crippen LogP contribution < -0.4 is 10.6 Å². The second-order valence-corrected chi connectivity index (χ2v) is 5.75. The van der Waals surface area contributed by atoms with E-state index in [0.717, 1.165) is 16.6 Å². The molecule has 7 heteroatoms. The average molecular weight is 359 g/mol. The van der Waals surface area contributed by atoms with Gasteiger partial charge in [0.15, 0.2) is 0 Å². The molecule has 0 aliphatic rings. The average Bonchev–Trinajstić information content (AvgIpc) is 2.70. The molecule has 2 aromatic carbocycles. The van der Waals surface area contributed by atoms with Crippen molar-refractivity contribution in [3.63, 3.8) is 0 Å². The van der Waals surface area contributed by atoms with Crippen molar-refractivity contribution in [3.05, 3.63) is 84.7 Å². The van der Waals surface area contributed by atoms with Gasteiger partial charge in [-0.2, -0.15) is 0 Å². The summed E-state index contributed by atoms with van der Waals surface area (Å²) in [6.07, 6.45) is 4.57. The van der Waals surface area contributed by atoms with Gasteiger partial charge in [0.25, 0.3) is 5.91 Å². The Bertz CT molecular complexity index is 1090. The summed E-state index contributed by atoms with van der Waals surface area (Å²) in [5.74, 6) is -0.301. The van der Waals surface area contributed by atoms with Crippen molar-refractivity contribution in [3.8, 4) is 0 Å². The third-order valence-electron chi connectivity index (χ3n) is 3.88. The van der Waals surface area contributed by atoms with E-state index in [1.54, 1.807) is 6.20 Å². The van der Waals surface area contributed by atoms with Crippen LogP contribution in [0.2, 0.25) is 0 Å². The number of hydrogen-bond donors (Lipinski definition) is 2. The monoisotopic (exact) mass is 359 g/mol. The molecule has 2 N–H and O–H groups in total. The number of rotatable bonds is 4. The zero-order valence-electron chi connectivity index (χ0n) is 14.1. The Hall–Kier alpha value is -3.87. The van der Waals surface area contributed by atoms with Crippen LogP contribution in [0.4, 0.5) is 21.6 Å². The smallest absolute Gasteiger partial charge is 0.275 e. The van der Waals surface area contributed by atoms with Crippen molar-refractivity contribution in [1.82, 2.24) is 15.0 Å². The van der Waals surface area contributed by atoms with Gasteiger partial charge in [-0.25, -0.2) is 14.4 Å². The molecule has 2 aromatic heterocycles. The summed E-state index contributed by atoms with van der Waals surface area (Å²) in [4.78, 5) is 25.0. The number of nitrogens with one attached hydrogen (secondary N) is 2. The van der Waals surface area contributed by atoms with E-state index >= 15 is 0 Å². The Morgan fingerprint density at radius 3 is 2.48 bits per heavy atom. The van der Waals surface area contributed by atoms with Crippen LogP contribution in [0.15, 0.2) is 73.2 Å². The van der Waals surface area contributed by atoms with E-state index in [-0.39, 0.29) is 11.5 Å². The molecule has 0 fully saturated rings. The van der Waals surface area contributed by atoms with Crippen LogP contribution in [0.25, 0.3) is 10.9 Å². The van der Waals surface area contributed by atoms with Crippen molar-refractivity contribution in [2.75, 3.05) is 10.6 Å². The molecule has 6 nitrogen and oxygen atoms in total. The van der Waals surface area contributed by atoms with Crippen LogP contribution in [0.5, 0.6) is 0 Å². The van der Waals surface area contributed by atoms with Gasteiger partial charge in [-0.1, -0.05) is 18.2 Å². The molecular formula is C20H14FN5O. The zero-order valence-corrected chi connectivity index (χ0v) is 14.1. The number of hydrogen-bond acceptors (Lipinski definition) is 5. The van der Waals surface area contributed by atoms with E-state index in [1.807, 2.05) is 30.3 Å². The van der Waals surface area contributed by atoms with E-state index in [4.69, 9.17) is 0 Å². The Labute approximate surface area is 154 Å². The molecule has 0 aliphatic heterocycles. The van der Waals surface area contributed by atoms with Crippen molar-refractivity contribution in [2.45, 2.75) is 0 Å². The van der Waals surface area contributed by atoms with Crippen molar-refractivity contribution < 1.29 is 9.18 Å². The molecule has 0 radical (unpaired) electrons. The molecule has 0 bridgehead atoms. The number of amides is 1. The molecular weight excluding hydrogens is 345 g/mol. The highest BCUT2D eigenvalue weighted by Crippen LogP contribution is 2.23. The summed E-state index contributed by atoms with van der Waals surface area (Å²) in [5.41, 5.74) is 2.25. The molecule has 1 amide bonds. The van der Waals surface area contributed by atoms with Crippen LogP contribution in [0.1, 0.15) is 10.5 Å². The normalized spacial score (nSPS) is 10.6. The summed E-state index contributed by atoms with van der Waals surface area (Å²) in [6.45, 7) is 0. The fourth-order valence-corrected chi connectivity index (χ4v) is 2.58. The number of benzene rings is 2. The van der Waals surface area contributed by atoms with Crippen LogP contribution in [-0.2, 0) is 0 Å². The summed E-state index contributed by atoms with van der Waals surface area (Å²) in [7, 11) is 0. The minimum Gasteiger partial charge on any atom is -0.337 e. The number of aromatic nitrogens is 3. The third kappa shape index (κ3) is 3.72. The van der Waals surface area contributed by atoms with Gasteiger partial charge in [0.05, 0.1) is 23.6 Å². The Kier molecular flexibility index (Phi) is 4.40. The number of halogens is 1. The molecule has 0 spiro atoms. The number of carbonyl (C=O) groups excluding carboxylic acids is 1. The Balaban J connectivity index is 1.50. The number of carbonyl (C=O) groups is 1. The van der Waals surface area contributed by atoms with Crippen molar-refractivity contribution in [2.24, 2.45) is 0 Å². The SMILES string of the molecule is O=C(Nc1ccc(F)cc1)c1cnc(Nc2cccc3cccnc23)cn1. The topological polar surface area (TPSA) is 79.8 Å². The first-order valence-electron chi connectivity index (χ1n) is 8.19. The van der Waals surface area contributed by atoms with Crippen LogP contribution in [0, 0.1) is 5.82 Å². The first-order chi connectivity index (χ1) is 13.2. The predicted octanol–water partition coefficient (Wildman–Crippen LogP) is 4.16. The second kappa shape index (κ2) is 7.17. The summed E-state index contributed by atoms with van der Waals surface area (Å²) in [5, 5.41) is 6.81. The minimum atomic E-state index is -0.424. The van der Waals surface area contributed by atoms with Gasteiger partial charge in [-0.05, 0) is 36.4 Å². The molecule has 0 saturated heterocycles. The largest absolute Gasteiger partial charge is 0.337 e. The van der Waals surface area contributed by atoms with E-state index < -0.39 is 5.91 Å². The lowest BCUT2D eigenvalue weighted by Crippen LogP contribution is -2.14. The highest BCUT2D eigenvalue weighted by molar-refractivity contribution is 6.02. The van der Waals surface area contributed by atoms with Gasteiger partial charge in [-0.3, -0.25) is 9.78 Å². The van der Waals surface area contributed by atoms with E-state index in [1.165, 1.54) is 36.7 Å². The number of pyridine rings is 1. The molecule has 4 rings (SSSR count). The van der Waals surface area contributed by atoms with Crippen LogP contribution in [-0.4, -0.2) is 20.9 Å². The van der Waals surface area contributed by atoms with Crippen molar-refractivity contribution >= 4 is 34.0 Å². The standard InChI is InChI=1S/C20H14FN5O/c21-14-6-8-15(9-7-14)25-20(27)17-11-24-18(12-23-17)26-16-5-1-3-13-4-2-10-22-19(13)16/h1-12H,(H,24,26)(H,25,27). The van der Waals surface area contributed by atoms with Gasteiger partial charge >= 0.3 is 0 Å². The maximum absolute atomic E-state index is 12.9. The highest BCUT2D eigenvalue weighted by atomic mass is 19.1. The van der Waals surface area contributed by atoms with Crippen LogP contribution >= 0.6 is 0 Å². The van der Waals surface area contributed by atoms with E-state index in [0.29, 0.717) is 11.5 Å². The lowest BCUT2D eigenvalue weighted by molar-refractivity contribution is 0.102. The quantitative estimate of drug-likeness (QED) is 0.572. The number of fused-ring (bicyclic) bond motifs is 1. The number of para-hydroxylation sites is 1. The molecule has 0 atom stereocenters. The molecule has 0 saturated carbocycles. The highest BCUT2D eigenvalue weighted by Gasteiger charge is 2.09. The van der Waals surface area contributed by atoms with E-state index in [9.17, 15) is 9.18 Å². The minimum absolute atomic E-state index is 0.154. The van der Waals surface area contributed by atoms with Gasteiger partial charge in [0, 0.05) is 17.3 Å². The Morgan fingerprint density at radius 1 is 0.889 bits per heavy atom. The van der Waals surface area contributed by atoms with Gasteiger partial charge in [0.2, 0.25) is 0 Å². The van der Waals surface area contributed by atoms with Gasteiger partial charge in [0.1, 0.15) is 17.3 Å². The Morgan fingerprint density at radius 2 is 1.70 bits per heavy atom. The molecule has 132 valence electrons. The number of nitrogens with zero attached hydrogens (tertiary/aromatic N) is 3. The fraction of sp³-hybridized carbons (Fsp3) is 0. The molecule has 0 unspecified atom stereocenters. The van der Waals surface area contributed by atoms with Gasteiger partial charge < -0.3 is 10.6 Å². The molecule has 2 heterocycles. The number of anilines is 3. The molecule has 27 heavy (non-hydrogen) atoms. The van der Waals surface area contributed by atoms with E-state index in [2.05, 4.69) is 25.6 Å². The second-order valence-electron chi connectivity index (χ2n) is 5.75. The summed E-state index contributed by atoms with van der Waals surface area (Å²) in [6, 6.07) is 15.1. The third-order valence-corrected chi connectivity index (χ3v) is 3.88.